The van der Waals surface area contributed by atoms with Crippen LogP contribution in [0.5, 0.6) is 5.75 Å². The fourth-order valence-electron chi connectivity index (χ4n) is 5.72. The molecule has 2 heterocycles. The average molecular weight is 482 g/mol. The van der Waals surface area contributed by atoms with Gasteiger partial charge in [-0.15, -0.1) is 0 Å². The highest BCUT2D eigenvalue weighted by Crippen LogP contribution is 2.51. The molecule has 0 amide bonds. The van der Waals surface area contributed by atoms with Crippen molar-refractivity contribution >= 4 is 11.6 Å². The highest BCUT2D eigenvalue weighted by Gasteiger charge is 2.45. The van der Waals surface area contributed by atoms with Crippen molar-refractivity contribution in [3.63, 3.8) is 0 Å². The third-order valence-electron chi connectivity index (χ3n) is 7.42. The maximum absolute atomic E-state index is 13.7. The van der Waals surface area contributed by atoms with Gasteiger partial charge in [-0.05, 0) is 43.2 Å². The molecule has 8 nitrogen and oxygen atoms in total. The van der Waals surface area contributed by atoms with E-state index in [2.05, 4.69) is 0 Å². The summed E-state index contributed by atoms with van der Waals surface area (Å²) >= 11 is 0. The van der Waals surface area contributed by atoms with Crippen LogP contribution in [0, 0.1) is 6.92 Å². The molecular weight excluding hydrogens is 458 g/mol. The van der Waals surface area contributed by atoms with Crippen LogP contribution in [0.25, 0.3) is 5.69 Å². The Morgan fingerprint density at radius 3 is 2.42 bits per heavy atom. The van der Waals surface area contributed by atoms with E-state index in [1.165, 1.54) is 15.4 Å². The lowest BCUT2D eigenvalue weighted by atomic mass is 9.67. The third kappa shape index (κ3) is 2.94. The zero-order valence-corrected chi connectivity index (χ0v) is 19.8. The number of para-hydroxylation sites is 2. The summed E-state index contributed by atoms with van der Waals surface area (Å²) in [5.74, 6) is -1.20. The quantitative estimate of drug-likeness (QED) is 0.448. The number of ketones is 2. The number of aromatic nitrogens is 3. The van der Waals surface area contributed by atoms with Crippen LogP contribution in [-0.4, -0.2) is 30.6 Å². The summed E-state index contributed by atoms with van der Waals surface area (Å²) < 4.78 is 3.90. The molecule has 2 aromatic carbocycles. The van der Waals surface area contributed by atoms with Crippen molar-refractivity contribution in [2.45, 2.75) is 38.8 Å². The fourth-order valence-corrected chi connectivity index (χ4v) is 5.72. The topological polar surface area (TPSA) is 103 Å². The number of carbonyl (C=O) groups is 2. The number of phenols is 1. The minimum Gasteiger partial charge on any atom is -0.507 e. The number of carbonyl (C=O) groups excluding carboxylic acids is 2. The zero-order valence-electron chi connectivity index (χ0n) is 19.8. The number of hydrogen-bond donors (Lipinski definition) is 1. The maximum Gasteiger partial charge on any atom is 0.352 e. The Kier molecular flexibility index (Phi) is 4.76. The highest BCUT2D eigenvalue weighted by atomic mass is 16.3. The van der Waals surface area contributed by atoms with E-state index in [1.807, 2.05) is 6.08 Å². The van der Waals surface area contributed by atoms with Crippen LogP contribution in [0.2, 0.25) is 0 Å². The van der Waals surface area contributed by atoms with E-state index in [0.717, 1.165) is 10.1 Å². The summed E-state index contributed by atoms with van der Waals surface area (Å²) in [5.41, 5.74) is 2.32. The maximum atomic E-state index is 13.7. The smallest absolute Gasteiger partial charge is 0.352 e. The first kappa shape index (κ1) is 22.0. The molecule has 2 aliphatic carbocycles. The number of allylic oxidation sites excluding steroid dienone is 6. The molecule has 0 saturated heterocycles. The summed E-state index contributed by atoms with van der Waals surface area (Å²) in [6, 6.07) is 13.3. The number of fused-ring (bicyclic) bond motifs is 3. The van der Waals surface area contributed by atoms with E-state index >= 15 is 0 Å². The van der Waals surface area contributed by atoms with E-state index in [1.54, 1.807) is 62.4 Å². The number of benzene rings is 2. The van der Waals surface area contributed by atoms with Crippen molar-refractivity contribution in [3.05, 3.63) is 115 Å². The summed E-state index contributed by atoms with van der Waals surface area (Å²) in [7, 11) is 0. The minimum absolute atomic E-state index is 0.0413. The van der Waals surface area contributed by atoms with Crippen LogP contribution in [0.1, 0.15) is 36.4 Å². The van der Waals surface area contributed by atoms with Crippen molar-refractivity contribution in [3.8, 4) is 11.4 Å². The Labute approximate surface area is 205 Å². The van der Waals surface area contributed by atoms with Gasteiger partial charge in [0.05, 0.1) is 18.3 Å². The number of aryl methyl sites for hydroxylation is 1. The van der Waals surface area contributed by atoms with Gasteiger partial charge in [-0.1, -0.05) is 42.5 Å². The first-order chi connectivity index (χ1) is 17.3. The molecule has 6 rings (SSSR count). The summed E-state index contributed by atoms with van der Waals surface area (Å²) in [6.45, 7) is 3.50. The molecule has 8 heteroatoms. The lowest BCUT2D eigenvalue weighted by molar-refractivity contribution is -0.116. The van der Waals surface area contributed by atoms with Gasteiger partial charge in [0, 0.05) is 34.6 Å². The number of aromatic hydroxyl groups is 1. The number of phenolic OH excluding ortho intramolecular Hbond substituents is 1. The normalized spacial score (nSPS) is 20.9. The SMILES string of the molecule is CC1=CC(=O)C2=C(CC3C(=CCn4c(=O)n(-c5ccccc5)c(=O)n43)C2c2cccc(C)c2O)C1=O. The highest BCUT2D eigenvalue weighted by molar-refractivity contribution is 6.23. The monoisotopic (exact) mass is 481 g/mol. The third-order valence-corrected chi connectivity index (χ3v) is 7.42. The number of rotatable bonds is 2. The Morgan fingerprint density at radius 2 is 1.67 bits per heavy atom. The summed E-state index contributed by atoms with van der Waals surface area (Å²) in [5, 5.41) is 11.0. The van der Waals surface area contributed by atoms with Gasteiger partial charge >= 0.3 is 11.4 Å². The predicted molar refractivity (Wildman–Crippen MR) is 132 cm³/mol. The number of Topliss-reactive ketones (excluding diaryl/α,β-unsaturated/α-hetero) is 1. The molecule has 2 atom stereocenters. The van der Waals surface area contributed by atoms with E-state index in [0.29, 0.717) is 33.5 Å². The Balaban J connectivity index is 1.62. The Hall–Kier alpha value is -4.46. The van der Waals surface area contributed by atoms with E-state index in [-0.39, 0.29) is 30.3 Å². The molecule has 0 spiro atoms. The van der Waals surface area contributed by atoms with Crippen molar-refractivity contribution in [2.24, 2.45) is 0 Å². The minimum atomic E-state index is -0.713. The van der Waals surface area contributed by atoms with Gasteiger partial charge in [0.15, 0.2) is 11.6 Å². The van der Waals surface area contributed by atoms with Crippen LogP contribution in [-0.2, 0) is 16.1 Å². The molecule has 3 aliphatic rings. The Bertz CT molecular complexity index is 1690. The van der Waals surface area contributed by atoms with Crippen molar-refractivity contribution < 1.29 is 14.7 Å². The molecule has 2 unspecified atom stereocenters. The van der Waals surface area contributed by atoms with Crippen LogP contribution >= 0.6 is 0 Å². The van der Waals surface area contributed by atoms with Gasteiger partial charge in [-0.3, -0.25) is 9.59 Å². The van der Waals surface area contributed by atoms with Crippen LogP contribution in [0.4, 0.5) is 0 Å². The molecule has 1 N–H and O–H groups in total. The lowest BCUT2D eigenvalue weighted by Crippen LogP contribution is -2.40. The molecule has 1 aliphatic heterocycles. The van der Waals surface area contributed by atoms with Gasteiger partial charge in [-0.2, -0.15) is 0 Å². The van der Waals surface area contributed by atoms with Crippen LogP contribution < -0.4 is 11.4 Å². The average Bonchev–Trinajstić information content (AvgIpc) is 3.13. The molecule has 180 valence electrons. The molecule has 0 fully saturated rings. The second-order valence-corrected chi connectivity index (χ2v) is 9.45. The van der Waals surface area contributed by atoms with Crippen molar-refractivity contribution in [1.29, 1.82) is 0 Å². The zero-order chi connectivity index (χ0) is 25.3. The molecule has 3 aromatic rings. The molecule has 1 aromatic heterocycles. The predicted octanol–water partition coefficient (Wildman–Crippen LogP) is 2.88. The number of nitrogens with zero attached hydrogens (tertiary/aromatic N) is 3. The van der Waals surface area contributed by atoms with Crippen LogP contribution in [0.3, 0.4) is 0 Å². The van der Waals surface area contributed by atoms with E-state index in [9.17, 15) is 24.3 Å². The van der Waals surface area contributed by atoms with Gasteiger partial charge in [0.1, 0.15) is 5.75 Å². The molecule has 0 radical (unpaired) electrons. The molecular formula is C28H23N3O5. The van der Waals surface area contributed by atoms with Gasteiger partial charge in [0.2, 0.25) is 0 Å². The van der Waals surface area contributed by atoms with E-state index in [4.69, 9.17) is 0 Å². The van der Waals surface area contributed by atoms with Gasteiger partial charge < -0.3 is 5.11 Å². The first-order valence-corrected chi connectivity index (χ1v) is 11.8. The summed E-state index contributed by atoms with van der Waals surface area (Å²) in [4.78, 5) is 53.5. The second kappa shape index (κ2) is 7.78. The molecule has 0 saturated carbocycles. The molecule has 36 heavy (non-hydrogen) atoms. The molecule has 0 bridgehead atoms. The van der Waals surface area contributed by atoms with Crippen molar-refractivity contribution in [1.82, 2.24) is 13.9 Å². The van der Waals surface area contributed by atoms with E-state index < -0.39 is 23.3 Å². The second-order valence-electron chi connectivity index (χ2n) is 9.45. The van der Waals surface area contributed by atoms with Gasteiger partial charge in [0.25, 0.3) is 0 Å². The number of hydrogen-bond acceptors (Lipinski definition) is 5. The lowest BCUT2D eigenvalue weighted by Gasteiger charge is -2.39. The first-order valence-electron chi connectivity index (χ1n) is 11.8. The summed E-state index contributed by atoms with van der Waals surface area (Å²) in [6.07, 6.45) is 3.30. The van der Waals surface area contributed by atoms with Crippen LogP contribution in [0.15, 0.2) is 92.6 Å². The largest absolute Gasteiger partial charge is 0.507 e. The fraction of sp³-hybridized carbons (Fsp3) is 0.214. The standard InChI is InChI=1S/C28H23N3O5/c1-15-7-6-10-19(25(15)33)23-18-11-12-29-27(35)30(17-8-4-3-5-9-17)28(36)31(29)21(18)14-20-24(23)22(32)13-16(2)26(20)34/h3-11,13,21,23,33H,12,14H2,1-2H3. The Morgan fingerprint density at radius 1 is 0.917 bits per heavy atom. The van der Waals surface area contributed by atoms with Gasteiger partial charge in [-0.25, -0.2) is 23.5 Å². The van der Waals surface area contributed by atoms with Crippen molar-refractivity contribution in [2.75, 3.05) is 0 Å².